The van der Waals surface area contributed by atoms with Gasteiger partial charge < -0.3 is 9.42 Å². The molecular formula is C14H16N2O2S. The molecule has 2 aromatic rings. The molecule has 1 amide bonds. The van der Waals surface area contributed by atoms with Crippen molar-refractivity contribution in [2.75, 3.05) is 6.54 Å². The molecular weight excluding hydrogens is 260 g/mol. The molecule has 1 saturated heterocycles. The number of carbonyl (C=O) groups is 1. The first kappa shape index (κ1) is 12.4. The van der Waals surface area contributed by atoms with Gasteiger partial charge in [0.05, 0.1) is 6.04 Å². The highest BCUT2D eigenvalue weighted by molar-refractivity contribution is 7.10. The molecule has 1 aliphatic rings. The Morgan fingerprint density at radius 2 is 2.53 bits per heavy atom. The molecule has 0 bridgehead atoms. The highest BCUT2D eigenvalue weighted by Crippen LogP contribution is 2.36. The lowest BCUT2D eigenvalue weighted by molar-refractivity contribution is 0.0457. The normalized spacial score (nSPS) is 18.4. The second kappa shape index (κ2) is 5.17. The number of rotatable bonds is 4. The number of carbonyl (C=O) groups excluding carboxylic acids is 1. The van der Waals surface area contributed by atoms with Crippen LogP contribution >= 0.6 is 11.3 Å². The first-order chi connectivity index (χ1) is 9.29. The molecule has 4 nitrogen and oxygen atoms in total. The summed E-state index contributed by atoms with van der Waals surface area (Å²) in [5.41, 5.74) is 0.435. The molecule has 3 rings (SSSR count). The maximum atomic E-state index is 12.4. The van der Waals surface area contributed by atoms with Crippen molar-refractivity contribution in [2.24, 2.45) is 0 Å². The van der Waals surface area contributed by atoms with Crippen molar-refractivity contribution in [1.29, 1.82) is 0 Å². The van der Waals surface area contributed by atoms with Gasteiger partial charge in [-0.2, -0.15) is 0 Å². The summed E-state index contributed by atoms with van der Waals surface area (Å²) < 4.78 is 5.18. The Hall–Kier alpha value is -1.62. The van der Waals surface area contributed by atoms with E-state index in [1.54, 1.807) is 17.4 Å². The van der Waals surface area contributed by atoms with Gasteiger partial charge in [-0.25, -0.2) is 0 Å². The molecule has 3 heterocycles. The van der Waals surface area contributed by atoms with E-state index in [2.05, 4.69) is 18.1 Å². The number of nitrogens with zero attached hydrogens (tertiary/aromatic N) is 2. The lowest BCUT2D eigenvalue weighted by Gasteiger charge is -2.39. The number of aryl methyl sites for hydroxylation is 1. The third kappa shape index (κ3) is 2.30. The van der Waals surface area contributed by atoms with Gasteiger partial charge in [0.2, 0.25) is 0 Å². The summed E-state index contributed by atoms with van der Waals surface area (Å²) in [5, 5.41) is 5.94. The number of hydrogen-bond donors (Lipinski definition) is 0. The molecule has 100 valence electrons. The lowest BCUT2D eigenvalue weighted by atomic mass is 10.0. The van der Waals surface area contributed by atoms with Crippen LogP contribution in [0.15, 0.2) is 28.1 Å². The van der Waals surface area contributed by atoms with Crippen molar-refractivity contribution in [3.8, 4) is 0 Å². The predicted octanol–water partition coefficient (Wildman–Crippen LogP) is 3.28. The summed E-state index contributed by atoms with van der Waals surface area (Å²) in [6.45, 7) is 2.88. The number of thiophene rings is 1. The lowest BCUT2D eigenvalue weighted by Crippen LogP contribution is -2.44. The van der Waals surface area contributed by atoms with Gasteiger partial charge in [0.25, 0.3) is 5.91 Å². The fraction of sp³-hybridized carbons (Fsp3) is 0.429. The van der Waals surface area contributed by atoms with Gasteiger partial charge >= 0.3 is 0 Å². The number of hydrogen-bond acceptors (Lipinski definition) is 4. The molecule has 0 radical (unpaired) electrons. The van der Waals surface area contributed by atoms with Crippen molar-refractivity contribution >= 4 is 17.2 Å². The molecule has 1 atom stereocenters. The smallest absolute Gasteiger partial charge is 0.276 e. The van der Waals surface area contributed by atoms with E-state index in [-0.39, 0.29) is 11.9 Å². The number of aromatic nitrogens is 1. The molecule has 5 heteroatoms. The summed E-state index contributed by atoms with van der Waals surface area (Å²) in [6, 6.07) is 6.10. The fourth-order valence-electron chi connectivity index (χ4n) is 2.33. The zero-order chi connectivity index (χ0) is 13.2. The fourth-order valence-corrected chi connectivity index (χ4v) is 3.21. The van der Waals surface area contributed by atoms with Gasteiger partial charge in [-0.3, -0.25) is 4.79 Å². The summed E-state index contributed by atoms with van der Waals surface area (Å²) in [6.07, 6.45) is 2.85. The third-order valence-corrected chi connectivity index (χ3v) is 4.40. The van der Waals surface area contributed by atoms with Crippen molar-refractivity contribution in [3.63, 3.8) is 0 Å². The van der Waals surface area contributed by atoms with E-state index in [0.717, 1.165) is 31.6 Å². The zero-order valence-electron chi connectivity index (χ0n) is 10.8. The minimum absolute atomic E-state index is 0.0178. The molecule has 0 N–H and O–H groups in total. The molecule has 0 unspecified atom stereocenters. The van der Waals surface area contributed by atoms with E-state index in [1.807, 2.05) is 16.3 Å². The molecule has 0 spiro atoms. The molecule has 1 aliphatic heterocycles. The summed E-state index contributed by atoms with van der Waals surface area (Å²) >= 11 is 1.70. The Labute approximate surface area is 116 Å². The van der Waals surface area contributed by atoms with Crippen LogP contribution in [0.3, 0.4) is 0 Å². The van der Waals surface area contributed by atoms with Crippen molar-refractivity contribution in [1.82, 2.24) is 10.1 Å². The zero-order valence-corrected chi connectivity index (χ0v) is 11.7. The van der Waals surface area contributed by atoms with Gasteiger partial charge in [-0.15, -0.1) is 11.3 Å². The molecule has 2 aromatic heterocycles. The summed E-state index contributed by atoms with van der Waals surface area (Å²) in [5.74, 6) is 0.773. The third-order valence-electron chi connectivity index (χ3n) is 3.43. The van der Waals surface area contributed by atoms with Crippen LogP contribution in [0, 0.1) is 0 Å². The standard InChI is InChI=1S/C14H16N2O2S/c1-2-4-10-9-11(15-18-10)14(17)16-7-6-12(16)13-5-3-8-19-13/h3,5,8-9,12H,2,4,6-7H2,1H3/t12-/m0/s1. The van der Waals surface area contributed by atoms with Crippen molar-refractivity contribution in [3.05, 3.63) is 39.9 Å². The average molecular weight is 276 g/mol. The highest BCUT2D eigenvalue weighted by atomic mass is 32.1. The van der Waals surface area contributed by atoms with Crippen LogP contribution < -0.4 is 0 Å². The second-order valence-electron chi connectivity index (χ2n) is 4.75. The molecule has 19 heavy (non-hydrogen) atoms. The van der Waals surface area contributed by atoms with Gasteiger partial charge in [-0.05, 0) is 24.3 Å². The van der Waals surface area contributed by atoms with E-state index in [9.17, 15) is 4.79 Å². The van der Waals surface area contributed by atoms with Crippen LogP contribution in [0.1, 0.15) is 46.9 Å². The molecule has 0 aliphatic carbocycles. The topological polar surface area (TPSA) is 46.3 Å². The van der Waals surface area contributed by atoms with E-state index in [1.165, 1.54) is 4.88 Å². The van der Waals surface area contributed by atoms with E-state index >= 15 is 0 Å². The Balaban J connectivity index is 1.73. The minimum Gasteiger partial charge on any atom is -0.361 e. The first-order valence-corrected chi connectivity index (χ1v) is 7.47. The van der Waals surface area contributed by atoms with Crippen LogP contribution in [0.4, 0.5) is 0 Å². The van der Waals surface area contributed by atoms with Crippen LogP contribution in [-0.4, -0.2) is 22.5 Å². The Morgan fingerprint density at radius 3 is 3.16 bits per heavy atom. The average Bonchev–Trinajstić information content (AvgIpc) is 2.99. The second-order valence-corrected chi connectivity index (χ2v) is 5.73. The summed E-state index contributed by atoms with van der Waals surface area (Å²) in [7, 11) is 0. The number of likely N-dealkylation sites (tertiary alicyclic amines) is 1. The first-order valence-electron chi connectivity index (χ1n) is 6.59. The van der Waals surface area contributed by atoms with Gasteiger partial charge in [0.15, 0.2) is 5.69 Å². The van der Waals surface area contributed by atoms with Crippen LogP contribution in [0.2, 0.25) is 0 Å². The van der Waals surface area contributed by atoms with Gasteiger partial charge in [-0.1, -0.05) is 18.1 Å². The Morgan fingerprint density at radius 1 is 1.63 bits per heavy atom. The van der Waals surface area contributed by atoms with Crippen molar-refractivity contribution < 1.29 is 9.32 Å². The van der Waals surface area contributed by atoms with E-state index in [4.69, 9.17) is 4.52 Å². The maximum Gasteiger partial charge on any atom is 0.276 e. The van der Waals surface area contributed by atoms with Crippen LogP contribution in [0.5, 0.6) is 0 Å². The van der Waals surface area contributed by atoms with Crippen LogP contribution in [-0.2, 0) is 6.42 Å². The van der Waals surface area contributed by atoms with E-state index < -0.39 is 0 Å². The SMILES string of the molecule is CCCc1cc(C(=O)N2CC[C@H]2c2cccs2)no1. The Kier molecular flexibility index (Phi) is 3.38. The molecule has 0 saturated carbocycles. The summed E-state index contributed by atoms with van der Waals surface area (Å²) in [4.78, 5) is 15.5. The van der Waals surface area contributed by atoms with Gasteiger partial charge in [0.1, 0.15) is 5.76 Å². The maximum absolute atomic E-state index is 12.4. The monoisotopic (exact) mass is 276 g/mol. The quantitative estimate of drug-likeness (QED) is 0.861. The minimum atomic E-state index is -0.0178. The Bertz CT molecular complexity index is 562. The highest BCUT2D eigenvalue weighted by Gasteiger charge is 2.35. The van der Waals surface area contributed by atoms with Crippen LogP contribution in [0.25, 0.3) is 0 Å². The number of amides is 1. The van der Waals surface area contributed by atoms with E-state index in [0.29, 0.717) is 5.69 Å². The molecule has 0 aromatic carbocycles. The van der Waals surface area contributed by atoms with Gasteiger partial charge in [0, 0.05) is 23.9 Å². The molecule has 1 fully saturated rings. The largest absolute Gasteiger partial charge is 0.361 e. The predicted molar refractivity (Wildman–Crippen MR) is 73.2 cm³/mol. The van der Waals surface area contributed by atoms with Crippen molar-refractivity contribution in [2.45, 2.75) is 32.2 Å².